The maximum absolute atomic E-state index is 13.0. The Kier molecular flexibility index (Phi) is 5.80. The molecule has 4 aromatic rings. The number of pyridine rings is 2. The second-order valence-corrected chi connectivity index (χ2v) is 7.06. The lowest BCUT2D eigenvalue weighted by atomic mass is 10.1. The molecule has 2 aromatic carbocycles. The highest BCUT2D eigenvalue weighted by Gasteiger charge is 2.16. The molecule has 6 nitrogen and oxygen atoms in total. The Morgan fingerprint density at radius 3 is 2.29 bits per heavy atom. The minimum Gasteiger partial charge on any atom is -0.494 e. The van der Waals surface area contributed by atoms with E-state index in [4.69, 9.17) is 0 Å². The van der Waals surface area contributed by atoms with Crippen LogP contribution in [0.5, 0.6) is 5.88 Å². The summed E-state index contributed by atoms with van der Waals surface area (Å²) in [4.78, 5) is 24.1. The summed E-state index contributed by atoms with van der Waals surface area (Å²) < 4.78 is 1.22. The summed E-state index contributed by atoms with van der Waals surface area (Å²) in [5.41, 5.74) is 2.04. The van der Waals surface area contributed by atoms with E-state index in [0.717, 1.165) is 24.5 Å². The molecule has 1 N–H and O–H groups in total. The van der Waals surface area contributed by atoms with Gasteiger partial charge in [0.15, 0.2) is 0 Å². The number of hydrogen-bond donors (Lipinski definition) is 1. The summed E-state index contributed by atoms with van der Waals surface area (Å²) in [6.07, 6.45) is 3.19. The van der Waals surface area contributed by atoms with Crippen molar-refractivity contribution >= 4 is 28.4 Å². The van der Waals surface area contributed by atoms with Crippen LogP contribution in [0.4, 0.5) is 11.4 Å². The van der Waals surface area contributed by atoms with Crippen molar-refractivity contribution in [1.29, 1.82) is 0 Å². The van der Waals surface area contributed by atoms with Crippen LogP contribution < -0.4 is 10.5 Å². The molecular formula is C25H24N4O2. The smallest absolute Gasteiger partial charge is 0.267 e. The second-order valence-electron chi connectivity index (χ2n) is 7.06. The summed E-state index contributed by atoms with van der Waals surface area (Å²) in [7, 11) is 0. The molecule has 156 valence electrons. The standard InChI is InChI=1S/C25H24N4O2/c1-3-28(4-2)19-14-12-18(13-15-19)27-17-22-20-9-5-6-10-21(20)24(30)29(25(22)31)23-11-7-8-16-26-23/h5-17,31H,3-4H2,1-2H3. The molecule has 0 spiro atoms. The Balaban J connectivity index is 1.81. The van der Waals surface area contributed by atoms with Gasteiger partial charge in [-0.05, 0) is 56.3 Å². The number of aliphatic imine (C=N–C) groups is 1. The second kappa shape index (κ2) is 8.83. The summed E-state index contributed by atoms with van der Waals surface area (Å²) in [5, 5.41) is 12.1. The maximum atomic E-state index is 13.0. The lowest BCUT2D eigenvalue weighted by molar-refractivity contribution is 0.435. The van der Waals surface area contributed by atoms with Crippen LogP contribution in [-0.4, -0.2) is 34.0 Å². The van der Waals surface area contributed by atoms with Crippen LogP contribution in [-0.2, 0) is 0 Å². The molecule has 2 heterocycles. The van der Waals surface area contributed by atoms with E-state index in [0.29, 0.717) is 22.2 Å². The topological polar surface area (TPSA) is 70.7 Å². The Hall–Kier alpha value is -3.93. The average Bonchev–Trinajstić information content (AvgIpc) is 2.81. The molecule has 0 aliphatic rings. The first-order valence-electron chi connectivity index (χ1n) is 10.3. The van der Waals surface area contributed by atoms with E-state index in [1.165, 1.54) is 4.57 Å². The summed E-state index contributed by atoms with van der Waals surface area (Å²) in [6, 6.07) is 20.4. The molecule has 0 saturated heterocycles. The monoisotopic (exact) mass is 412 g/mol. The van der Waals surface area contributed by atoms with Crippen molar-refractivity contribution in [2.75, 3.05) is 18.0 Å². The van der Waals surface area contributed by atoms with Crippen LogP contribution in [0.3, 0.4) is 0 Å². The van der Waals surface area contributed by atoms with Gasteiger partial charge >= 0.3 is 0 Å². The molecule has 0 radical (unpaired) electrons. The highest BCUT2D eigenvalue weighted by molar-refractivity contribution is 6.02. The predicted molar refractivity (Wildman–Crippen MR) is 126 cm³/mol. The minimum absolute atomic E-state index is 0.189. The molecular weight excluding hydrogens is 388 g/mol. The Morgan fingerprint density at radius 2 is 1.65 bits per heavy atom. The zero-order chi connectivity index (χ0) is 21.8. The molecule has 0 fully saturated rings. The van der Waals surface area contributed by atoms with Crippen LogP contribution in [0.2, 0.25) is 0 Å². The van der Waals surface area contributed by atoms with Gasteiger partial charge in [0, 0.05) is 42.0 Å². The molecule has 0 aliphatic carbocycles. The number of anilines is 1. The number of fused-ring (bicyclic) bond motifs is 1. The van der Waals surface area contributed by atoms with Crippen LogP contribution in [0.1, 0.15) is 19.4 Å². The first kappa shape index (κ1) is 20.3. The van der Waals surface area contributed by atoms with Crippen molar-refractivity contribution < 1.29 is 5.11 Å². The predicted octanol–water partition coefficient (Wildman–Crippen LogP) is 4.69. The molecule has 0 saturated carbocycles. The third-order valence-electron chi connectivity index (χ3n) is 5.30. The van der Waals surface area contributed by atoms with Crippen LogP contribution in [0.25, 0.3) is 16.6 Å². The van der Waals surface area contributed by atoms with Gasteiger partial charge in [-0.1, -0.05) is 24.3 Å². The Labute approximate surface area is 180 Å². The van der Waals surface area contributed by atoms with Crippen molar-refractivity contribution in [3.63, 3.8) is 0 Å². The number of aromatic nitrogens is 2. The third-order valence-corrected chi connectivity index (χ3v) is 5.30. The van der Waals surface area contributed by atoms with Gasteiger partial charge in [-0.2, -0.15) is 0 Å². The van der Waals surface area contributed by atoms with Crippen LogP contribution in [0.15, 0.2) is 82.7 Å². The van der Waals surface area contributed by atoms with E-state index in [1.54, 1.807) is 42.7 Å². The number of benzene rings is 2. The lowest BCUT2D eigenvalue weighted by Crippen LogP contribution is -2.21. The number of aromatic hydroxyl groups is 1. The van der Waals surface area contributed by atoms with E-state index in [1.807, 2.05) is 36.4 Å². The Morgan fingerprint density at radius 1 is 0.968 bits per heavy atom. The van der Waals surface area contributed by atoms with Gasteiger partial charge < -0.3 is 10.0 Å². The zero-order valence-electron chi connectivity index (χ0n) is 17.6. The molecule has 0 amide bonds. The molecule has 6 heteroatoms. The van der Waals surface area contributed by atoms with Gasteiger partial charge in [0.2, 0.25) is 5.88 Å². The van der Waals surface area contributed by atoms with Gasteiger partial charge in [0.05, 0.1) is 11.3 Å². The van der Waals surface area contributed by atoms with Gasteiger partial charge in [0.1, 0.15) is 5.82 Å². The number of rotatable bonds is 6. The zero-order valence-corrected chi connectivity index (χ0v) is 17.6. The summed E-state index contributed by atoms with van der Waals surface area (Å²) in [5.74, 6) is 0.167. The van der Waals surface area contributed by atoms with Crippen LogP contribution >= 0.6 is 0 Å². The Bertz CT molecular complexity index is 1270. The summed E-state index contributed by atoms with van der Waals surface area (Å²) >= 11 is 0. The molecule has 2 aromatic heterocycles. The largest absolute Gasteiger partial charge is 0.494 e. The van der Waals surface area contributed by atoms with Gasteiger partial charge in [-0.25, -0.2) is 9.55 Å². The third kappa shape index (κ3) is 3.92. The van der Waals surface area contributed by atoms with E-state index in [2.05, 4.69) is 28.7 Å². The quantitative estimate of drug-likeness (QED) is 0.467. The highest BCUT2D eigenvalue weighted by Crippen LogP contribution is 2.26. The number of hydrogen-bond acceptors (Lipinski definition) is 5. The van der Waals surface area contributed by atoms with Crippen LogP contribution in [0, 0.1) is 0 Å². The van der Waals surface area contributed by atoms with E-state index in [-0.39, 0.29) is 11.4 Å². The van der Waals surface area contributed by atoms with Gasteiger partial charge in [0.25, 0.3) is 5.56 Å². The van der Waals surface area contributed by atoms with Crippen molar-refractivity contribution in [3.8, 4) is 11.7 Å². The van der Waals surface area contributed by atoms with E-state index >= 15 is 0 Å². The molecule has 4 rings (SSSR count). The molecule has 0 unspecified atom stereocenters. The van der Waals surface area contributed by atoms with Crippen molar-refractivity contribution in [2.45, 2.75) is 13.8 Å². The van der Waals surface area contributed by atoms with E-state index in [9.17, 15) is 9.90 Å². The van der Waals surface area contributed by atoms with Gasteiger partial charge in [-0.15, -0.1) is 0 Å². The normalized spacial score (nSPS) is 11.3. The van der Waals surface area contributed by atoms with Crippen molar-refractivity contribution in [2.24, 2.45) is 4.99 Å². The molecule has 31 heavy (non-hydrogen) atoms. The molecule has 0 atom stereocenters. The summed E-state index contributed by atoms with van der Waals surface area (Å²) in [6.45, 7) is 6.13. The number of nitrogens with zero attached hydrogens (tertiary/aromatic N) is 4. The fourth-order valence-corrected chi connectivity index (χ4v) is 3.67. The van der Waals surface area contributed by atoms with Crippen molar-refractivity contribution in [3.05, 3.63) is 88.8 Å². The highest BCUT2D eigenvalue weighted by atomic mass is 16.3. The SMILES string of the molecule is CCN(CC)c1ccc(N=Cc2c(O)n(-c3ccccn3)c(=O)c3ccccc23)cc1. The average molecular weight is 412 g/mol. The first-order valence-corrected chi connectivity index (χ1v) is 10.3. The molecule has 0 aliphatic heterocycles. The van der Waals surface area contributed by atoms with E-state index < -0.39 is 0 Å². The molecule has 0 bridgehead atoms. The lowest BCUT2D eigenvalue weighted by Gasteiger charge is -2.20. The minimum atomic E-state index is -0.326. The van der Waals surface area contributed by atoms with Crippen molar-refractivity contribution in [1.82, 2.24) is 9.55 Å². The fourth-order valence-electron chi connectivity index (χ4n) is 3.67. The van der Waals surface area contributed by atoms with Gasteiger partial charge in [-0.3, -0.25) is 9.79 Å². The fraction of sp³-hybridized carbons (Fsp3) is 0.160. The first-order chi connectivity index (χ1) is 15.1. The maximum Gasteiger partial charge on any atom is 0.267 e.